The molecule has 0 atom stereocenters. The quantitative estimate of drug-likeness (QED) is 0.702. The average molecular weight is 392 g/mol. The molecule has 7 nitrogen and oxygen atoms in total. The summed E-state index contributed by atoms with van der Waals surface area (Å²) in [6.45, 7) is 10.0. The van der Waals surface area contributed by atoms with Crippen LogP contribution in [-0.2, 0) is 11.3 Å². The Kier molecular flexibility index (Phi) is 6.41. The molecule has 1 aromatic carbocycles. The van der Waals surface area contributed by atoms with Crippen LogP contribution >= 0.6 is 12.2 Å². The van der Waals surface area contributed by atoms with Crippen LogP contribution in [0.2, 0.25) is 0 Å². The molecule has 146 valence electrons. The highest BCUT2D eigenvalue weighted by molar-refractivity contribution is 7.71. The van der Waals surface area contributed by atoms with Crippen LogP contribution in [0.5, 0.6) is 0 Å². The largest absolute Gasteiger partial charge is 0.378 e. The number of quaternary nitrogens is 1. The predicted octanol–water partition coefficient (Wildman–Crippen LogP) is 0.456. The van der Waals surface area contributed by atoms with Crippen molar-refractivity contribution in [2.45, 2.75) is 20.4 Å². The first kappa shape index (κ1) is 19.7. The number of H-pyrrole nitrogens is 1. The number of aromatic nitrogens is 2. The van der Waals surface area contributed by atoms with Gasteiger partial charge in [0.15, 0.2) is 4.77 Å². The van der Waals surface area contributed by atoms with Gasteiger partial charge in [0, 0.05) is 18.7 Å². The van der Waals surface area contributed by atoms with Gasteiger partial charge in [0.05, 0.1) is 50.3 Å². The molecule has 8 heteroatoms. The van der Waals surface area contributed by atoms with Crippen molar-refractivity contribution in [1.29, 1.82) is 0 Å². The number of fused-ring (bicyclic) bond motifs is 1. The topological polar surface area (TPSA) is 71.8 Å². The fourth-order valence-corrected chi connectivity index (χ4v) is 3.70. The Hall–Kier alpha value is -2.03. The van der Waals surface area contributed by atoms with Gasteiger partial charge in [0.25, 0.3) is 11.5 Å². The molecule has 0 unspecified atom stereocenters. The molecule has 1 aromatic heterocycles. The molecule has 1 amide bonds. The molecule has 0 bridgehead atoms. The van der Waals surface area contributed by atoms with Crippen molar-refractivity contribution in [1.82, 2.24) is 14.5 Å². The number of amides is 1. The van der Waals surface area contributed by atoms with E-state index in [9.17, 15) is 9.59 Å². The summed E-state index contributed by atoms with van der Waals surface area (Å²) in [6, 6.07) is 5.17. The van der Waals surface area contributed by atoms with E-state index in [0.717, 1.165) is 19.6 Å². The Bertz CT molecular complexity index is 927. The van der Waals surface area contributed by atoms with Gasteiger partial charge in [-0.25, -0.2) is 0 Å². The first-order valence-electron chi connectivity index (χ1n) is 9.52. The van der Waals surface area contributed by atoms with Crippen molar-refractivity contribution in [2.24, 2.45) is 0 Å². The highest BCUT2D eigenvalue weighted by atomic mass is 32.1. The molecule has 1 fully saturated rings. The van der Waals surface area contributed by atoms with Crippen LogP contribution in [0.4, 0.5) is 0 Å². The number of rotatable bonds is 6. The van der Waals surface area contributed by atoms with E-state index >= 15 is 0 Å². The maximum atomic E-state index is 12.9. The molecule has 2 N–H and O–H groups in total. The van der Waals surface area contributed by atoms with Crippen molar-refractivity contribution in [3.8, 4) is 0 Å². The van der Waals surface area contributed by atoms with Crippen molar-refractivity contribution in [3.05, 3.63) is 38.9 Å². The Morgan fingerprint density at radius 3 is 2.63 bits per heavy atom. The minimum Gasteiger partial charge on any atom is -0.378 e. The Morgan fingerprint density at radius 2 is 1.96 bits per heavy atom. The van der Waals surface area contributed by atoms with Crippen LogP contribution in [0.3, 0.4) is 0 Å². The smallest absolute Gasteiger partial charge is 0.262 e. The number of carbonyl (C=O) groups is 1. The van der Waals surface area contributed by atoms with Gasteiger partial charge in [-0.2, -0.15) is 0 Å². The third-order valence-electron chi connectivity index (χ3n) is 5.22. The first-order valence-corrected chi connectivity index (χ1v) is 9.93. The Morgan fingerprint density at radius 1 is 1.26 bits per heavy atom. The van der Waals surface area contributed by atoms with Crippen LogP contribution in [0, 0.1) is 4.77 Å². The van der Waals surface area contributed by atoms with E-state index < -0.39 is 0 Å². The Balaban J connectivity index is 1.90. The number of likely N-dealkylation sites (N-methyl/N-ethyl adjacent to an activating group) is 1. The SMILES string of the molecule is CC[NH+](CC)CCn1c(=S)[nH]c2cc(C(=O)N3CCOCC3)ccc2c1=O. The molecule has 0 saturated carbocycles. The first-order chi connectivity index (χ1) is 13.0. The second-order valence-corrected chi connectivity index (χ2v) is 7.15. The number of ether oxygens (including phenoxy) is 1. The van der Waals surface area contributed by atoms with Gasteiger partial charge in [0.2, 0.25) is 0 Å². The molecule has 0 spiro atoms. The molecule has 0 radical (unpaired) electrons. The zero-order chi connectivity index (χ0) is 19.4. The minimum absolute atomic E-state index is 0.0474. The van der Waals surface area contributed by atoms with E-state index in [1.165, 1.54) is 4.90 Å². The lowest BCUT2D eigenvalue weighted by molar-refractivity contribution is -0.897. The van der Waals surface area contributed by atoms with Crippen LogP contribution in [0.15, 0.2) is 23.0 Å². The van der Waals surface area contributed by atoms with Gasteiger partial charge in [-0.05, 0) is 44.3 Å². The zero-order valence-electron chi connectivity index (χ0n) is 15.9. The van der Waals surface area contributed by atoms with E-state index in [4.69, 9.17) is 17.0 Å². The van der Waals surface area contributed by atoms with Gasteiger partial charge in [-0.1, -0.05) is 0 Å². The van der Waals surface area contributed by atoms with Crippen molar-refractivity contribution in [3.63, 3.8) is 0 Å². The minimum atomic E-state index is -0.106. The van der Waals surface area contributed by atoms with Crippen molar-refractivity contribution in [2.75, 3.05) is 45.9 Å². The number of carbonyl (C=O) groups excluding carboxylic acids is 1. The van der Waals surface area contributed by atoms with Crippen LogP contribution in [0.1, 0.15) is 24.2 Å². The molecular formula is C19H27N4O3S+. The van der Waals surface area contributed by atoms with Crippen molar-refractivity contribution < 1.29 is 14.4 Å². The van der Waals surface area contributed by atoms with Crippen molar-refractivity contribution >= 4 is 29.0 Å². The van der Waals surface area contributed by atoms with E-state index in [2.05, 4.69) is 18.8 Å². The number of benzene rings is 1. The van der Waals surface area contributed by atoms with Gasteiger partial charge < -0.3 is 19.5 Å². The lowest BCUT2D eigenvalue weighted by Gasteiger charge is -2.26. The highest BCUT2D eigenvalue weighted by Crippen LogP contribution is 2.14. The van der Waals surface area contributed by atoms with Gasteiger partial charge in [-0.15, -0.1) is 0 Å². The number of nitrogens with one attached hydrogen (secondary N) is 2. The molecule has 0 aliphatic carbocycles. The zero-order valence-corrected chi connectivity index (χ0v) is 16.7. The van der Waals surface area contributed by atoms with Gasteiger partial charge >= 0.3 is 0 Å². The van der Waals surface area contributed by atoms with Crippen LogP contribution in [-0.4, -0.2) is 66.3 Å². The highest BCUT2D eigenvalue weighted by Gasteiger charge is 2.19. The van der Waals surface area contributed by atoms with Crippen LogP contribution in [0.25, 0.3) is 10.9 Å². The lowest BCUT2D eigenvalue weighted by Crippen LogP contribution is -3.11. The van der Waals surface area contributed by atoms with Gasteiger partial charge in [0.1, 0.15) is 0 Å². The standard InChI is InChI=1S/C19H26N4O3S/c1-3-21(4-2)7-8-23-18(25)15-6-5-14(13-16(15)20-19(23)27)17(24)22-9-11-26-12-10-22/h5-6,13H,3-4,7-12H2,1-2H3,(H,20,27)/p+1. The summed E-state index contributed by atoms with van der Waals surface area (Å²) in [5.74, 6) is -0.0474. The number of aromatic amines is 1. The lowest BCUT2D eigenvalue weighted by atomic mass is 10.1. The second-order valence-electron chi connectivity index (χ2n) is 6.76. The van der Waals surface area contributed by atoms with E-state index in [0.29, 0.717) is 54.1 Å². The summed E-state index contributed by atoms with van der Waals surface area (Å²) in [4.78, 5) is 31.9. The molecular weight excluding hydrogens is 364 g/mol. The number of morpholine rings is 1. The summed E-state index contributed by atoms with van der Waals surface area (Å²) in [6.07, 6.45) is 0. The van der Waals surface area contributed by atoms with Crippen LogP contribution < -0.4 is 10.5 Å². The molecule has 1 aliphatic heterocycles. The maximum Gasteiger partial charge on any atom is 0.262 e. The summed E-state index contributed by atoms with van der Waals surface area (Å²) < 4.78 is 7.31. The maximum absolute atomic E-state index is 12.9. The van der Waals surface area contributed by atoms with E-state index in [1.54, 1.807) is 27.7 Å². The third kappa shape index (κ3) is 4.28. The van der Waals surface area contributed by atoms with E-state index in [1.807, 2.05) is 0 Å². The van der Waals surface area contributed by atoms with Gasteiger partial charge in [-0.3, -0.25) is 14.2 Å². The molecule has 2 heterocycles. The summed E-state index contributed by atoms with van der Waals surface area (Å²) in [5, 5.41) is 0.552. The normalized spacial score (nSPS) is 14.9. The molecule has 3 rings (SSSR count). The molecule has 27 heavy (non-hydrogen) atoms. The van der Waals surface area contributed by atoms with E-state index in [-0.39, 0.29) is 11.5 Å². The number of hydrogen-bond donors (Lipinski definition) is 2. The predicted molar refractivity (Wildman–Crippen MR) is 107 cm³/mol. The fraction of sp³-hybridized carbons (Fsp3) is 0.526. The Labute approximate surface area is 163 Å². The third-order valence-corrected chi connectivity index (χ3v) is 5.54. The number of hydrogen-bond acceptors (Lipinski definition) is 4. The fourth-order valence-electron chi connectivity index (χ4n) is 3.41. The summed E-state index contributed by atoms with van der Waals surface area (Å²) in [5.41, 5.74) is 1.06. The summed E-state index contributed by atoms with van der Waals surface area (Å²) in [7, 11) is 0. The molecule has 1 saturated heterocycles. The monoisotopic (exact) mass is 391 g/mol. The molecule has 2 aromatic rings. The number of nitrogens with zero attached hydrogens (tertiary/aromatic N) is 2. The second kappa shape index (κ2) is 8.77. The summed E-state index contributed by atoms with van der Waals surface area (Å²) >= 11 is 5.41. The molecule has 1 aliphatic rings. The average Bonchev–Trinajstić information content (AvgIpc) is 2.70.